The number of aromatic nitrogens is 3. The molecule has 29 heavy (non-hydrogen) atoms. The number of hydrogen-bond donors (Lipinski definition) is 2. The monoisotopic (exact) mass is 518 g/mol. The molecule has 0 spiro atoms. The van der Waals surface area contributed by atoms with E-state index in [9.17, 15) is 0 Å². The molecule has 0 radical (unpaired) electrons. The number of fused-ring (bicyclic) bond motifs is 1. The standard InChI is InChI=1S/C21H38N6O.HI/c1-22-21(24-15-9-17-28-18-10-4-2-5-11-18)23-14-8-13-20-26-25-19-12-6-3-7-16-27(19)20;/h18H,2-17H2,1H3,(H2,22,23,24);1H. The first-order chi connectivity index (χ1) is 13.9. The van der Waals surface area contributed by atoms with Gasteiger partial charge < -0.3 is 19.9 Å². The van der Waals surface area contributed by atoms with Crippen LogP contribution in [0.5, 0.6) is 0 Å². The summed E-state index contributed by atoms with van der Waals surface area (Å²) in [5.74, 6) is 3.19. The number of aryl methyl sites for hydroxylation is 2. The lowest BCUT2D eigenvalue weighted by Gasteiger charge is -2.22. The smallest absolute Gasteiger partial charge is 0.190 e. The molecule has 2 heterocycles. The molecule has 0 atom stereocenters. The van der Waals surface area contributed by atoms with E-state index < -0.39 is 0 Å². The molecule has 7 nitrogen and oxygen atoms in total. The normalized spacial score (nSPS) is 17.9. The van der Waals surface area contributed by atoms with Crippen LogP contribution in [0, 0.1) is 0 Å². The molecule has 0 bridgehead atoms. The van der Waals surface area contributed by atoms with Gasteiger partial charge >= 0.3 is 0 Å². The predicted octanol–water partition coefficient (Wildman–Crippen LogP) is 3.46. The van der Waals surface area contributed by atoms with Crippen molar-refractivity contribution >= 4 is 29.9 Å². The largest absolute Gasteiger partial charge is 0.378 e. The van der Waals surface area contributed by atoms with E-state index in [0.717, 1.165) is 63.7 Å². The van der Waals surface area contributed by atoms with Crippen molar-refractivity contribution in [3.05, 3.63) is 11.6 Å². The van der Waals surface area contributed by atoms with Crippen molar-refractivity contribution in [1.29, 1.82) is 0 Å². The van der Waals surface area contributed by atoms with Gasteiger partial charge in [-0.2, -0.15) is 0 Å². The number of rotatable bonds is 9. The fraction of sp³-hybridized carbons (Fsp3) is 0.857. The van der Waals surface area contributed by atoms with Crippen LogP contribution in [0.25, 0.3) is 0 Å². The third-order valence-corrected chi connectivity index (χ3v) is 5.80. The first-order valence-electron chi connectivity index (χ1n) is 11.3. The van der Waals surface area contributed by atoms with E-state index in [1.807, 2.05) is 7.05 Å². The highest BCUT2D eigenvalue weighted by atomic mass is 127. The molecule has 0 saturated heterocycles. The highest BCUT2D eigenvalue weighted by Crippen LogP contribution is 2.20. The van der Waals surface area contributed by atoms with Gasteiger partial charge in [0.15, 0.2) is 5.96 Å². The third-order valence-electron chi connectivity index (χ3n) is 5.80. The minimum atomic E-state index is 0. The molecule has 1 aromatic rings. The van der Waals surface area contributed by atoms with Crippen LogP contribution in [0.3, 0.4) is 0 Å². The number of nitrogens with one attached hydrogen (secondary N) is 2. The van der Waals surface area contributed by atoms with Crippen LogP contribution in [0.1, 0.15) is 75.9 Å². The number of ether oxygens (including phenoxy) is 1. The summed E-state index contributed by atoms with van der Waals surface area (Å²) in [7, 11) is 1.83. The van der Waals surface area contributed by atoms with Crippen LogP contribution in [0.4, 0.5) is 0 Å². The quantitative estimate of drug-likeness (QED) is 0.227. The van der Waals surface area contributed by atoms with Crippen molar-refractivity contribution in [2.24, 2.45) is 4.99 Å². The molecule has 1 aliphatic heterocycles. The molecule has 1 fully saturated rings. The maximum absolute atomic E-state index is 5.98. The van der Waals surface area contributed by atoms with Crippen LogP contribution < -0.4 is 10.6 Å². The molecule has 0 unspecified atom stereocenters. The Kier molecular flexibility index (Phi) is 11.9. The number of nitrogens with zero attached hydrogens (tertiary/aromatic N) is 4. The summed E-state index contributed by atoms with van der Waals surface area (Å²) >= 11 is 0. The van der Waals surface area contributed by atoms with Gasteiger partial charge in [0.1, 0.15) is 11.6 Å². The van der Waals surface area contributed by atoms with Gasteiger partial charge in [-0.05, 0) is 38.5 Å². The van der Waals surface area contributed by atoms with Gasteiger partial charge in [0.05, 0.1) is 6.10 Å². The fourth-order valence-electron chi connectivity index (χ4n) is 4.16. The van der Waals surface area contributed by atoms with Gasteiger partial charge in [0.25, 0.3) is 0 Å². The Morgan fingerprint density at radius 3 is 2.59 bits per heavy atom. The zero-order chi connectivity index (χ0) is 19.4. The van der Waals surface area contributed by atoms with Gasteiger partial charge in [0, 0.05) is 46.1 Å². The Labute approximate surface area is 192 Å². The number of guanidine groups is 1. The lowest BCUT2D eigenvalue weighted by atomic mass is 9.98. The summed E-state index contributed by atoms with van der Waals surface area (Å²) in [6, 6.07) is 0. The highest BCUT2D eigenvalue weighted by molar-refractivity contribution is 14.0. The molecule has 1 saturated carbocycles. The molecule has 1 aliphatic carbocycles. The molecule has 2 N–H and O–H groups in total. The van der Waals surface area contributed by atoms with Gasteiger partial charge in [-0.15, -0.1) is 34.2 Å². The molecule has 2 aliphatic rings. The van der Waals surface area contributed by atoms with Crippen molar-refractivity contribution < 1.29 is 4.74 Å². The van der Waals surface area contributed by atoms with Gasteiger partial charge in [-0.25, -0.2) is 0 Å². The summed E-state index contributed by atoms with van der Waals surface area (Å²) in [6.45, 7) is 3.70. The topological polar surface area (TPSA) is 76.4 Å². The van der Waals surface area contributed by atoms with E-state index in [-0.39, 0.29) is 24.0 Å². The van der Waals surface area contributed by atoms with E-state index >= 15 is 0 Å². The molecule has 166 valence electrons. The minimum Gasteiger partial charge on any atom is -0.378 e. The summed E-state index contributed by atoms with van der Waals surface area (Å²) < 4.78 is 8.32. The van der Waals surface area contributed by atoms with Crippen LogP contribution in [0.15, 0.2) is 4.99 Å². The third kappa shape index (κ3) is 8.39. The molecule has 0 amide bonds. The predicted molar refractivity (Wildman–Crippen MR) is 128 cm³/mol. The maximum Gasteiger partial charge on any atom is 0.190 e. The second-order valence-corrected chi connectivity index (χ2v) is 8.01. The summed E-state index contributed by atoms with van der Waals surface area (Å²) in [5.41, 5.74) is 0. The molecule has 8 heteroatoms. The summed E-state index contributed by atoms with van der Waals surface area (Å²) in [5, 5.41) is 15.6. The first-order valence-corrected chi connectivity index (χ1v) is 11.3. The molecular formula is C21H39IN6O. The molecule has 3 rings (SSSR count). The lowest BCUT2D eigenvalue weighted by molar-refractivity contribution is 0.0277. The van der Waals surface area contributed by atoms with Gasteiger partial charge in [-0.3, -0.25) is 4.99 Å². The van der Waals surface area contributed by atoms with Crippen LogP contribution in [-0.2, 0) is 24.1 Å². The zero-order valence-electron chi connectivity index (χ0n) is 18.0. The van der Waals surface area contributed by atoms with Crippen molar-refractivity contribution in [2.75, 3.05) is 26.7 Å². The van der Waals surface area contributed by atoms with Crippen molar-refractivity contribution in [2.45, 2.75) is 89.7 Å². The Morgan fingerprint density at radius 1 is 1.03 bits per heavy atom. The van der Waals surface area contributed by atoms with Gasteiger partial charge in [0.2, 0.25) is 0 Å². The molecule has 0 aromatic carbocycles. The first kappa shape index (κ1) is 24.4. The van der Waals surface area contributed by atoms with Crippen molar-refractivity contribution in [3.63, 3.8) is 0 Å². The average Bonchev–Trinajstić information content (AvgIpc) is 2.96. The maximum atomic E-state index is 5.98. The Balaban J connectivity index is 0.00000300. The van der Waals surface area contributed by atoms with Crippen LogP contribution in [0.2, 0.25) is 0 Å². The van der Waals surface area contributed by atoms with E-state index in [1.165, 1.54) is 57.2 Å². The SMILES string of the molecule is CN=C(NCCCOC1CCCCC1)NCCCc1nnc2n1CCCCC2.I. The van der Waals surface area contributed by atoms with Crippen molar-refractivity contribution in [3.8, 4) is 0 Å². The average molecular weight is 518 g/mol. The zero-order valence-corrected chi connectivity index (χ0v) is 20.3. The van der Waals surface area contributed by atoms with Gasteiger partial charge in [-0.1, -0.05) is 25.7 Å². The number of halogens is 1. The second-order valence-electron chi connectivity index (χ2n) is 8.01. The highest BCUT2D eigenvalue weighted by Gasteiger charge is 2.14. The van der Waals surface area contributed by atoms with Crippen molar-refractivity contribution in [1.82, 2.24) is 25.4 Å². The van der Waals surface area contributed by atoms with E-state index in [2.05, 4.69) is 30.4 Å². The molecular weight excluding hydrogens is 479 g/mol. The number of aliphatic imine (C=N–C) groups is 1. The minimum absolute atomic E-state index is 0. The van der Waals surface area contributed by atoms with E-state index in [0.29, 0.717) is 6.10 Å². The van der Waals surface area contributed by atoms with Crippen LogP contribution >= 0.6 is 24.0 Å². The Morgan fingerprint density at radius 2 is 1.79 bits per heavy atom. The Bertz CT molecular complexity index is 600. The van der Waals surface area contributed by atoms with E-state index in [4.69, 9.17) is 4.74 Å². The fourth-order valence-corrected chi connectivity index (χ4v) is 4.16. The summed E-state index contributed by atoms with van der Waals surface area (Å²) in [6.07, 6.45) is 14.9. The van der Waals surface area contributed by atoms with Crippen LogP contribution in [-0.4, -0.2) is 53.6 Å². The second kappa shape index (κ2) is 14.2. The summed E-state index contributed by atoms with van der Waals surface area (Å²) in [4.78, 5) is 4.31. The lowest BCUT2D eigenvalue weighted by Crippen LogP contribution is -2.38. The Hall–Kier alpha value is -0.900. The number of hydrogen-bond acceptors (Lipinski definition) is 4. The van der Waals surface area contributed by atoms with E-state index in [1.54, 1.807) is 0 Å². The molecule has 1 aromatic heterocycles.